The Hall–Kier alpha value is -2.25. The van der Waals surface area contributed by atoms with Gasteiger partial charge in [0.15, 0.2) is 5.78 Å². The highest BCUT2D eigenvalue weighted by Crippen LogP contribution is 2.77. The van der Waals surface area contributed by atoms with Crippen LogP contribution in [0.5, 0.6) is 0 Å². The molecule has 7 rings (SSSR count). The average Bonchev–Trinajstić information content (AvgIpc) is 3.84. The van der Waals surface area contributed by atoms with Crippen molar-refractivity contribution < 1.29 is 29.3 Å². The maximum atomic E-state index is 14.2. The number of hydrogen-bond acceptors (Lipinski definition) is 5. The van der Waals surface area contributed by atoms with E-state index < -0.39 is 17.5 Å². The molecule has 0 bridgehead atoms. The van der Waals surface area contributed by atoms with Crippen LogP contribution in [-0.4, -0.2) is 65.7 Å². The van der Waals surface area contributed by atoms with Crippen LogP contribution >= 0.6 is 0 Å². The first-order chi connectivity index (χ1) is 24.4. The molecule has 0 saturated heterocycles. The van der Waals surface area contributed by atoms with Gasteiger partial charge >= 0.3 is 5.97 Å². The van der Waals surface area contributed by atoms with Crippen molar-refractivity contribution in [1.82, 2.24) is 4.90 Å². The van der Waals surface area contributed by atoms with Crippen LogP contribution in [0.3, 0.4) is 0 Å². The SMILES string of the molecule is COCC(=O)N(CC1CC1)C[C@H](O)[C@@]12CC[C@]3(C)[C@H](CC[C@H]4C3(C)CC[C@H]3C(C)(C)C(C5=CCC(C(=O)O)CC5)=CC[C@@]34C)C1=C(C(C)C)C(=O)C2. The Morgan fingerprint density at radius 2 is 1.67 bits per heavy atom. The lowest BCUT2D eigenvalue weighted by atomic mass is 9.33. The van der Waals surface area contributed by atoms with Gasteiger partial charge in [-0.3, -0.25) is 14.4 Å². The molecule has 7 heteroatoms. The van der Waals surface area contributed by atoms with Gasteiger partial charge in [0.1, 0.15) is 6.61 Å². The fourth-order valence-electron chi connectivity index (χ4n) is 14.0. The molecule has 7 aliphatic carbocycles. The van der Waals surface area contributed by atoms with Crippen molar-refractivity contribution in [1.29, 1.82) is 0 Å². The second kappa shape index (κ2) is 13.2. The second-order valence-electron chi connectivity index (χ2n) is 20.1. The fraction of sp³-hybridized carbons (Fsp3) is 0.800. The van der Waals surface area contributed by atoms with Crippen LogP contribution in [0.25, 0.3) is 0 Å². The number of rotatable bonds is 10. The highest BCUT2D eigenvalue weighted by molar-refractivity contribution is 6.00. The summed E-state index contributed by atoms with van der Waals surface area (Å²) in [6, 6.07) is 0. The average molecular weight is 718 g/mol. The topological polar surface area (TPSA) is 104 Å². The number of carbonyl (C=O) groups is 3. The maximum Gasteiger partial charge on any atom is 0.306 e. The molecule has 2 N–H and O–H groups in total. The van der Waals surface area contributed by atoms with Crippen LogP contribution in [-0.2, 0) is 19.1 Å². The van der Waals surface area contributed by atoms with Gasteiger partial charge in [-0.05, 0) is 145 Å². The van der Waals surface area contributed by atoms with Crippen LogP contribution in [0.15, 0.2) is 34.4 Å². The van der Waals surface area contributed by atoms with E-state index in [1.54, 1.807) is 7.11 Å². The summed E-state index contributed by atoms with van der Waals surface area (Å²) < 4.78 is 5.25. The van der Waals surface area contributed by atoms with Gasteiger partial charge in [0.05, 0.1) is 12.0 Å². The number of aliphatic carboxylic acids is 1. The summed E-state index contributed by atoms with van der Waals surface area (Å²) in [7, 11) is 1.55. The molecule has 1 amide bonds. The number of carbonyl (C=O) groups excluding carboxylic acids is 2. The van der Waals surface area contributed by atoms with E-state index in [0.717, 1.165) is 69.8 Å². The number of hydrogen-bond donors (Lipinski definition) is 2. The van der Waals surface area contributed by atoms with Crippen molar-refractivity contribution in [2.75, 3.05) is 26.8 Å². The van der Waals surface area contributed by atoms with Gasteiger partial charge in [0, 0.05) is 32.0 Å². The van der Waals surface area contributed by atoms with E-state index in [1.807, 2.05) is 4.90 Å². The van der Waals surface area contributed by atoms with E-state index in [9.17, 15) is 24.6 Å². The molecule has 9 atom stereocenters. The van der Waals surface area contributed by atoms with Crippen molar-refractivity contribution in [2.45, 2.75) is 138 Å². The molecule has 0 spiro atoms. The van der Waals surface area contributed by atoms with Gasteiger partial charge in [-0.25, -0.2) is 0 Å². The lowest BCUT2D eigenvalue weighted by molar-refractivity contribution is -0.202. The molecule has 0 aromatic carbocycles. The van der Waals surface area contributed by atoms with E-state index in [2.05, 4.69) is 60.6 Å². The Bertz CT molecular complexity index is 1580. The first-order valence-corrected chi connectivity index (χ1v) is 20.8. The maximum absolute atomic E-state index is 14.2. The number of carboxylic acids is 1. The first-order valence-electron chi connectivity index (χ1n) is 20.8. The summed E-state index contributed by atoms with van der Waals surface area (Å²) in [5.41, 5.74) is 4.73. The van der Waals surface area contributed by atoms with Gasteiger partial charge < -0.3 is 19.8 Å². The number of methoxy groups -OCH3 is 1. The number of carboxylic acid groups (broad SMARTS) is 1. The number of ether oxygens (including phenoxy) is 1. The summed E-state index contributed by atoms with van der Waals surface area (Å²) in [4.78, 5) is 40.9. The Labute approximate surface area is 313 Å². The molecular formula is C45H67NO6. The number of aliphatic hydroxyl groups is 1. The molecule has 0 aromatic heterocycles. The predicted octanol–water partition coefficient (Wildman–Crippen LogP) is 8.56. The first kappa shape index (κ1) is 38.0. The number of allylic oxidation sites excluding steroid dienone is 5. The minimum absolute atomic E-state index is 0.00133. The van der Waals surface area contributed by atoms with E-state index in [-0.39, 0.29) is 64.3 Å². The zero-order chi connectivity index (χ0) is 37.6. The monoisotopic (exact) mass is 717 g/mol. The third kappa shape index (κ3) is 5.66. The molecule has 7 nitrogen and oxygen atoms in total. The molecule has 4 saturated carbocycles. The number of Topliss-reactive ketones (excluding diaryl/α,β-unsaturated/α-hetero) is 1. The lowest BCUT2D eigenvalue weighted by Gasteiger charge is -2.71. The van der Waals surface area contributed by atoms with Crippen LogP contribution in [0, 0.1) is 62.6 Å². The molecule has 0 heterocycles. The molecule has 288 valence electrons. The van der Waals surface area contributed by atoms with Crippen LogP contribution in [0.4, 0.5) is 0 Å². The Kier molecular flexibility index (Phi) is 9.66. The van der Waals surface area contributed by atoms with Crippen LogP contribution in [0.1, 0.15) is 132 Å². The lowest BCUT2D eigenvalue weighted by Crippen LogP contribution is -2.65. The second-order valence-corrected chi connectivity index (χ2v) is 20.1. The normalized spacial score (nSPS) is 40.2. The third-order valence-corrected chi connectivity index (χ3v) is 17.0. The van der Waals surface area contributed by atoms with Gasteiger partial charge in [0.25, 0.3) is 0 Å². The van der Waals surface area contributed by atoms with Crippen molar-refractivity contribution >= 4 is 17.7 Å². The molecule has 2 unspecified atom stereocenters. The number of ketones is 1. The molecule has 0 radical (unpaired) electrons. The quantitative estimate of drug-likeness (QED) is 0.235. The van der Waals surface area contributed by atoms with E-state index >= 15 is 0 Å². The summed E-state index contributed by atoms with van der Waals surface area (Å²) in [6.45, 7) is 17.9. The summed E-state index contributed by atoms with van der Waals surface area (Å²) in [5, 5.41) is 22.0. The summed E-state index contributed by atoms with van der Waals surface area (Å²) >= 11 is 0. The van der Waals surface area contributed by atoms with E-state index in [0.29, 0.717) is 37.1 Å². The van der Waals surface area contributed by atoms with Crippen molar-refractivity contribution in [3.8, 4) is 0 Å². The van der Waals surface area contributed by atoms with E-state index in [4.69, 9.17) is 4.74 Å². The Morgan fingerprint density at radius 1 is 0.942 bits per heavy atom. The highest BCUT2D eigenvalue weighted by Gasteiger charge is 2.70. The molecule has 0 aliphatic heterocycles. The standard InChI is InChI=1S/C45H67NO6/c1-27(2)38-33(47)23-45(36(48)25-46(24-28-9-10-28)37(49)26-52-8)22-21-43(6)32(39(38)45)15-16-35-42(5)19-17-31(29-11-13-30(14-12-29)40(50)51)41(3,4)34(42)18-20-44(35,43)7/h11,17,27-28,30,32,34-36,48H,9-10,12-16,18-26H2,1-8H3,(H,50,51)/t30?,32-,34+,35-,36+,42+,43-,44?,45+/m1/s1. The smallest absolute Gasteiger partial charge is 0.306 e. The van der Waals surface area contributed by atoms with Crippen LogP contribution in [0.2, 0.25) is 0 Å². The number of amides is 1. The molecular weight excluding hydrogens is 650 g/mol. The zero-order valence-electron chi connectivity index (χ0n) is 33.5. The van der Waals surface area contributed by atoms with Crippen molar-refractivity contribution in [2.24, 2.45) is 62.6 Å². The third-order valence-electron chi connectivity index (χ3n) is 17.0. The number of fused-ring (bicyclic) bond motifs is 7. The fourth-order valence-corrected chi connectivity index (χ4v) is 14.0. The van der Waals surface area contributed by atoms with Gasteiger partial charge in [-0.2, -0.15) is 0 Å². The minimum Gasteiger partial charge on any atom is -0.481 e. The zero-order valence-corrected chi connectivity index (χ0v) is 33.5. The number of nitrogens with zero attached hydrogens (tertiary/aromatic N) is 1. The Balaban J connectivity index is 1.21. The van der Waals surface area contributed by atoms with Gasteiger partial charge in [0.2, 0.25) is 5.91 Å². The van der Waals surface area contributed by atoms with E-state index in [1.165, 1.54) is 23.1 Å². The molecule has 52 heavy (non-hydrogen) atoms. The molecule has 4 fully saturated rings. The molecule has 0 aromatic rings. The number of aliphatic hydroxyl groups excluding tert-OH is 1. The predicted molar refractivity (Wildman–Crippen MR) is 203 cm³/mol. The van der Waals surface area contributed by atoms with Gasteiger partial charge in [-0.1, -0.05) is 66.2 Å². The Morgan fingerprint density at radius 3 is 2.29 bits per heavy atom. The summed E-state index contributed by atoms with van der Waals surface area (Å²) in [5.74, 6) is 1.14. The summed E-state index contributed by atoms with van der Waals surface area (Å²) in [6.07, 6.45) is 16.2. The molecule has 7 aliphatic rings. The highest BCUT2D eigenvalue weighted by atomic mass is 16.5. The largest absolute Gasteiger partial charge is 0.481 e. The van der Waals surface area contributed by atoms with Crippen molar-refractivity contribution in [3.63, 3.8) is 0 Å². The van der Waals surface area contributed by atoms with Crippen molar-refractivity contribution in [3.05, 3.63) is 34.4 Å². The van der Waals surface area contributed by atoms with Gasteiger partial charge in [-0.15, -0.1) is 0 Å². The van der Waals surface area contributed by atoms with Crippen LogP contribution < -0.4 is 0 Å². The minimum atomic E-state index is -0.784.